The Labute approximate surface area is 91.8 Å². The van der Waals surface area contributed by atoms with Gasteiger partial charge in [-0.2, -0.15) is 0 Å². The quantitative estimate of drug-likeness (QED) is 0.664. The van der Waals surface area contributed by atoms with E-state index in [-0.39, 0.29) is 18.1 Å². The molecule has 0 aliphatic carbocycles. The Morgan fingerprint density at radius 3 is 2.60 bits per heavy atom. The van der Waals surface area contributed by atoms with Crippen LogP contribution < -0.4 is 5.73 Å². The van der Waals surface area contributed by atoms with Gasteiger partial charge in [-0.1, -0.05) is 20.3 Å². The number of rotatable bonds is 6. The van der Waals surface area contributed by atoms with Crippen LogP contribution in [0.5, 0.6) is 0 Å². The molecule has 1 aliphatic heterocycles. The van der Waals surface area contributed by atoms with E-state index in [0.29, 0.717) is 19.7 Å². The van der Waals surface area contributed by atoms with E-state index >= 15 is 0 Å². The third-order valence-electron chi connectivity index (χ3n) is 2.69. The van der Waals surface area contributed by atoms with Gasteiger partial charge in [-0.05, 0) is 12.8 Å². The number of nitrogens with two attached hydrogens (primary N) is 1. The van der Waals surface area contributed by atoms with Gasteiger partial charge in [-0.25, -0.2) is 0 Å². The average Bonchev–Trinajstić information content (AvgIpc) is 2.14. The number of carbonyl (C=O) groups excluding carboxylic acids is 1. The molecule has 88 valence electrons. The maximum Gasteiger partial charge on any atom is 0.248 e. The lowest BCUT2D eigenvalue weighted by Crippen LogP contribution is -2.68. The molecule has 0 aromatic rings. The number of amides is 1. The lowest BCUT2D eigenvalue weighted by Gasteiger charge is -2.47. The Kier molecular flexibility index (Phi) is 4.54. The standard InChI is InChI=1S/C11H22N2O2/c1-3-5-11(12)8-13(9-11)10(14)7-15-6-4-2/h3-9,12H2,1-2H3. The molecule has 1 amide bonds. The third-order valence-corrected chi connectivity index (χ3v) is 2.69. The van der Waals surface area contributed by atoms with Gasteiger partial charge in [-0.3, -0.25) is 4.79 Å². The van der Waals surface area contributed by atoms with Crippen molar-refractivity contribution < 1.29 is 9.53 Å². The second-order valence-electron chi connectivity index (χ2n) is 4.41. The first-order valence-corrected chi connectivity index (χ1v) is 5.75. The molecule has 0 aromatic carbocycles. The molecule has 1 fully saturated rings. The summed E-state index contributed by atoms with van der Waals surface area (Å²) in [5.41, 5.74) is 5.93. The van der Waals surface area contributed by atoms with Crippen molar-refractivity contribution in [1.82, 2.24) is 4.90 Å². The minimum atomic E-state index is -0.130. The summed E-state index contributed by atoms with van der Waals surface area (Å²) in [4.78, 5) is 13.3. The maximum atomic E-state index is 11.5. The SMILES string of the molecule is CCCOCC(=O)N1CC(N)(CCC)C1. The smallest absolute Gasteiger partial charge is 0.248 e. The summed E-state index contributed by atoms with van der Waals surface area (Å²) in [5.74, 6) is 0.0700. The van der Waals surface area contributed by atoms with Gasteiger partial charge < -0.3 is 15.4 Å². The average molecular weight is 214 g/mol. The second-order valence-corrected chi connectivity index (χ2v) is 4.41. The van der Waals surface area contributed by atoms with E-state index in [1.165, 1.54) is 0 Å². The van der Waals surface area contributed by atoms with Crippen LogP contribution in [0.3, 0.4) is 0 Å². The van der Waals surface area contributed by atoms with Gasteiger partial charge in [0.2, 0.25) is 5.91 Å². The molecule has 1 aliphatic rings. The second kappa shape index (κ2) is 5.47. The highest BCUT2D eigenvalue weighted by Crippen LogP contribution is 2.23. The highest BCUT2D eigenvalue weighted by atomic mass is 16.5. The van der Waals surface area contributed by atoms with Crippen LogP contribution in [0.4, 0.5) is 0 Å². The van der Waals surface area contributed by atoms with Crippen molar-refractivity contribution in [2.45, 2.75) is 38.6 Å². The molecule has 0 atom stereocenters. The summed E-state index contributed by atoms with van der Waals surface area (Å²) < 4.78 is 5.20. The van der Waals surface area contributed by atoms with Gasteiger partial charge in [0.05, 0.1) is 5.54 Å². The van der Waals surface area contributed by atoms with Crippen LogP contribution in [0.15, 0.2) is 0 Å². The van der Waals surface area contributed by atoms with E-state index < -0.39 is 0 Å². The largest absolute Gasteiger partial charge is 0.372 e. The van der Waals surface area contributed by atoms with E-state index in [1.54, 1.807) is 4.90 Å². The molecule has 0 spiro atoms. The van der Waals surface area contributed by atoms with Crippen LogP contribution in [0, 0.1) is 0 Å². The van der Waals surface area contributed by atoms with E-state index in [4.69, 9.17) is 10.5 Å². The first-order valence-electron chi connectivity index (χ1n) is 5.75. The van der Waals surface area contributed by atoms with E-state index in [1.807, 2.05) is 6.92 Å². The fourth-order valence-corrected chi connectivity index (χ4v) is 1.94. The number of carbonyl (C=O) groups is 1. The normalized spacial score (nSPS) is 18.7. The molecule has 0 radical (unpaired) electrons. The summed E-state index contributed by atoms with van der Waals surface area (Å²) in [7, 11) is 0. The van der Waals surface area contributed by atoms with Crippen molar-refractivity contribution in [3.05, 3.63) is 0 Å². The minimum Gasteiger partial charge on any atom is -0.372 e. The molecule has 0 saturated carbocycles. The Balaban J connectivity index is 2.17. The summed E-state index contributed by atoms with van der Waals surface area (Å²) in [6, 6.07) is 0. The molecular formula is C11H22N2O2. The topological polar surface area (TPSA) is 55.6 Å². The van der Waals surface area contributed by atoms with E-state index in [9.17, 15) is 4.79 Å². The van der Waals surface area contributed by atoms with Crippen molar-refractivity contribution in [2.75, 3.05) is 26.3 Å². The fourth-order valence-electron chi connectivity index (χ4n) is 1.94. The fraction of sp³-hybridized carbons (Fsp3) is 0.909. The molecule has 4 heteroatoms. The summed E-state index contributed by atoms with van der Waals surface area (Å²) in [6.07, 6.45) is 3.02. The third kappa shape index (κ3) is 3.47. The van der Waals surface area contributed by atoms with Gasteiger partial charge in [0, 0.05) is 19.7 Å². The minimum absolute atomic E-state index is 0.0700. The predicted octanol–water partition coefficient (Wildman–Crippen LogP) is 0.753. The van der Waals surface area contributed by atoms with Gasteiger partial charge >= 0.3 is 0 Å². The molecule has 0 aromatic heterocycles. The number of likely N-dealkylation sites (tertiary alicyclic amines) is 1. The Morgan fingerprint density at radius 2 is 2.07 bits per heavy atom. The van der Waals surface area contributed by atoms with E-state index in [0.717, 1.165) is 19.3 Å². The van der Waals surface area contributed by atoms with Crippen LogP contribution in [-0.4, -0.2) is 42.6 Å². The monoisotopic (exact) mass is 214 g/mol. The van der Waals surface area contributed by atoms with Crippen molar-refractivity contribution in [1.29, 1.82) is 0 Å². The Bertz CT molecular complexity index is 213. The van der Waals surface area contributed by atoms with Gasteiger partial charge in [0.25, 0.3) is 0 Å². The van der Waals surface area contributed by atoms with Crippen LogP contribution >= 0.6 is 0 Å². The summed E-state index contributed by atoms with van der Waals surface area (Å²) in [5, 5.41) is 0. The predicted molar refractivity (Wildman–Crippen MR) is 59.5 cm³/mol. The van der Waals surface area contributed by atoms with Crippen LogP contribution in [-0.2, 0) is 9.53 Å². The molecule has 1 heterocycles. The van der Waals surface area contributed by atoms with E-state index in [2.05, 4.69) is 6.92 Å². The first-order chi connectivity index (χ1) is 7.11. The van der Waals surface area contributed by atoms with Crippen LogP contribution in [0.25, 0.3) is 0 Å². The first kappa shape index (κ1) is 12.5. The maximum absolute atomic E-state index is 11.5. The number of nitrogens with zero attached hydrogens (tertiary/aromatic N) is 1. The summed E-state index contributed by atoms with van der Waals surface area (Å²) >= 11 is 0. The zero-order valence-electron chi connectivity index (χ0n) is 9.79. The highest BCUT2D eigenvalue weighted by Gasteiger charge is 2.40. The molecule has 4 nitrogen and oxygen atoms in total. The zero-order chi connectivity index (χ0) is 11.3. The number of ether oxygens (including phenoxy) is 1. The lowest BCUT2D eigenvalue weighted by atomic mass is 9.86. The van der Waals surface area contributed by atoms with Crippen molar-refractivity contribution in [3.8, 4) is 0 Å². The molecule has 1 saturated heterocycles. The Hall–Kier alpha value is -0.610. The van der Waals surface area contributed by atoms with Gasteiger partial charge in [0.1, 0.15) is 6.61 Å². The molecule has 1 rings (SSSR count). The Morgan fingerprint density at radius 1 is 1.40 bits per heavy atom. The van der Waals surface area contributed by atoms with Crippen molar-refractivity contribution >= 4 is 5.91 Å². The molecule has 0 bridgehead atoms. The van der Waals surface area contributed by atoms with Gasteiger partial charge in [-0.15, -0.1) is 0 Å². The van der Waals surface area contributed by atoms with Crippen LogP contribution in [0.2, 0.25) is 0 Å². The van der Waals surface area contributed by atoms with Crippen molar-refractivity contribution in [3.63, 3.8) is 0 Å². The summed E-state index contributed by atoms with van der Waals surface area (Å²) in [6.45, 7) is 6.38. The molecule has 2 N–H and O–H groups in total. The van der Waals surface area contributed by atoms with Crippen LogP contribution in [0.1, 0.15) is 33.1 Å². The molecule has 0 unspecified atom stereocenters. The van der Waals surface area contributed by atoms with Gasteiger partial charge in [0.15, 0.2) is 0 Å². The molecule has 15 heavy (non-hydrogen) atoms. The zero-order valence-corrected chi connectivity index (χ0v) is 9.79. The number of hydrogen-bond donors (Lipinski definition) is 1. The molecular weight excluding hydrogens is 192 g/mol. The number of hydrogen-bond acceptors (Lipinski definition) is 3. The lowest BCUT2D eigenvalue weighted by molar-refractivity contribution is -0.143. The highest BCUT2D eigenvalue weighted by molar-refractivity contribution is 5.78. The van der Waals surface area contributed by atoms with Crippen molar-refractivity contribution in [2.24, 2.45) is 5.73 Å².